The Morgan fingerprint density at radius 1 is 1.21 bits per heavy atom. The lowest BCUT2D eigenvalue weighted by molar-refractivity contribution is -0.117. The molecule has 1 aliphatic heterocycles. The average molecular weight is 352 g/mol. The van der Waals surface area contributed by atoms with Crippen molar-refractivity contribution >= 4 is 29.9 Å². The van der Waals surface area contributed by atoms with Crippen LogP contribution in [0.2, 0.25) is 0 Å². The van der Waals surface area contributed by atoms with Crippen LogP contribution in [0.3, 0.4) is 0 Å². The summed E-state index contributed by atoms with van der Waals surface area (Å²) in [6.07, 6.45) is 3.12. The second-order valence-electron chi connectivity index (χ2n) is 6.77. The molecule has 1 aromatic carbocycles. The summed E-state index contributed by atoms with van der Waals surface area (Å²) in [6.45, 7) is 3.66. The standard InChI is InChI=1S/C18H25N3O2.ClH/c1-12-10-16(12)17(22)20-14-7-5-13(6-8-14)18(23)21-9-3-4-15(11-21)19-2;/h5-8,12,15-16,19H,3-4,9-11H2,1-2H3,(H,20,22);1H. The van der Waals surface area contributed by atoms with Crippen molar-refractivity contribution in [1.82, 2.24) is 10.2 Å². The fourth-order valence-electron chi connectivity index (χ4n) is 3.20. The Morgan fingerprint density at radius 3 is 2.46 bits per heavy atom. The number of carbonyl (C=O) groups is 2. The molecule has 1 aromatic rings. The maximum Gasteiger partial charge on any atom is 0.253 e. The molecule has 2 N–H and O–H groups in total. The molecule has 0 spiro atoms. The van der Waals surface area contributed by atoms with Crippen LogP contribution in [0.4, 0.5) is 5.69 Å². The van der Waals surface area contributed by atoms with Gasteiger partial charge in [-0.05, 0) is 56.5 Å². The zero-order valence-electron chi connectivity index (χ0n) is 14.2. The van der Waals surface area contributed by atoms with Gasteiger partial charge in [0.25, 0.3) is 5.91 Å². The minimum atomic E-state index is 0. The van der Waals surface area contributed by atoms with Crippen molar-refractivity contribution in [2.24, 2.45) is 11.8 Å². The monoisotopic (exact) mass is 351 g/mol. The van der Waals surface area contributed by atoms with Gasteiger partial charge in [0.05, 0.1) is 0 Å². The van der Waals surface area contributed by atoms with Crippen LogP contribution >= 0.6 is 12.4 Å². The van der Waals surface area contributed by atoms with Crippen LogP contribution < -0.4 is 10.6 Å². The van der Waals surface area contributed by atoms with Gasteiger partial charge >= 0.3 is 0 Å². The van der Waals surface area contributed by atoms with E-state index in [-0.39, 0.29) is 30.1 Å². The lowest BCUT2D eigenvalue weighted by Crippen LogP contribution is -2.46. The van der Waals surface area contributed by atoms with Crippen molar-refractivity contribution in [3.8, 4) is 0 Å². The molecule has 1 heterocycles. The summed E-state index contributed by atoms with van der Waals surface area (Å²) >= 11 is 0. The number of piperidine rings is 1. The molecule has 3 unspecified atom stereocenters. The minimum Gasteiger partial charge on any atom is -0.337 e. The largest absolute Gasteiger partial charge is 0.337 e. The molecule has 2 aliphatic rings. The number of carbonyl (C=O) groups excluding carboxylic acids is 2. The van der Waals surface area contributed by atoms with E-state index in [1.807, 2.05) is 24.1 Å². The first-order valence-electron chi connectivity index (χ1n) is 8.46. The van der Waals surface area contributed by atoms with E-state index < -0.39 is 0 Å². The third-order valence-electron chi connectivity index (χ3n) is 4.96. The summed E-state index contributed by atoms with van der Waals surface area (Å²) in [6, 6.07) is 7.62. The fraction of sp³-hybridized carbons (Fsp3) is 0.556. The number of rotatable bonds is 4. The molecule has 0 aromatic heterocycles. The lowest BCUT2D eigenvalue weighted by Gasteiger charge is -2.32. The highest BCUT2D eigenvalue weighted by molar-refractivity contribution is 5.97. The van der Waals surface area contributed by atoms with Crippen molar-refractivity contribution in [3.05, 3.63) is 29.8 Å². The van der Waals surface area contributed by atoms with Gasteiger partial charge in [0.2, 0.25) is 5.91 Å². The van der Waals surface area contributed by atoms with Crippen molar-refractivity contribution in [3.63, 3.8) is 0 Å². The lowest BCUT2D eigenvalue weighted by atomic mass is 10.0. The topological polar surface area (TPSA) is 61.4 Å². The van der Waals surface area contributed by atoms with Gasteiger partial charge in [-0.15, -0.1) is 12.4 Å². The number of nitrogens with zero attached hydrogens (tertiary/aromatic N) is 1. The fourth-order valence-corrected chi connectivity index (χ4v) is 3.20. The summed E-state index contributed by atoms with van der Waals surface area (Å²) in [5.74, 6) is 0.807. The number of hydrogen-bond acceptors (Lipinski definition) is 3. The Kier molecular flexibility index (Phi) is 6.24. The first kappa shape index (κ1) is 18.7. The van der Waals surface area contributed by atoms with Gasteiger partial charge in [0, 0.05) is 36.3 Å². The maximum atomic E-state index is 12.6. The highest BCUT2D eigenvalue weighted by Gasteiger charge is 2.39. The molecule has 0 bridgehead atoms. The molecule has 1 saturated heterocycles. The molecule has 2 fully saturated rings. The molecular formula is C18H26ClN3O2. The second kappa shape index (κ2) is 7.99. The maximum absolute atomic E-state index is 12.6. The van der Waals surface area contributed by atoms with Crippen molar-refractivity contribution in [2.45, 2.75) is 32.2 Å². The Labute approximate surface area is 149 Å². The molecule has 6 heteroatoms. The van der Waals surface area contributed by atoms with E-state index in [0.29, 0.717) is 17.5 Å². The number of anilines is 1. The van der Waals surface area contributed by atoms with E-state index in [4.69, 9.17) is 0 Å². The summed E-state index contributed by atoms with van der Waals surface area (Å²) in [5, 5.41) is 6.17. The second-order valence-corrected chi connectivity index (χ2v) is 6.77. The van der Waals surface area contributed by atoms with E-state index in [1.54, 1.807) is 12.1 Å². The predicted molar refractivity (Wildman–Crippen MR) is 97.6 cm³/mol. The smallest absolute Gasteiger partial charge is 0.253 e. The molecule has 1 saturated carbocycles. The Balaban J connectivity index is 0.00000208. The summed E-state index contributed by atoms with van der Waals surface area (Å²) in [4.78, 5) is 26.4. The number of likely N-dealkylation sites (tertiary alicyclic amines) is 1. The van der Waals surface area contributed by atoms with E-state index in [0.717, 1.165) is 38.0 Å². The number of hydrogen-bond donors (Lipinski definition) is 2. The number of likely N-dealkylation sites (N-methyl/N-ethyl adjacent to an activating group) is 1. The number of halogens is 1. The number of nitrogens with one attached hydrogen (secondary N) is 2. The Morgan fingerprint density at radius 2 is 1.88 bits per heavy atom. The van der Waals surface area contributed by atoms with E-state index in [9.17, 15) is 9.59 Å². The summed E-state index contributed by atoms with van der Waals surface area (Å²) in [7, 11) is 1.94. The van der Waals surface area contributed by atoms with Crippen molar-refractivity contribution in [2.75, 3.05) is 25.5 Å². The number of benzene rings is 1. The number of amides is 2. The van der Waals surface area contributed by atoms with Gasteiger partial charge in [-0.25, -0.2) is 0 Å². The van der Waals surface area contributed by atoms with Crippen LogP contribution in [-0.2, 0) is 4.79 Å². The van der Waals surface area contributed by atoms with Gasteiger partial charge < -0.3 is 15.5 Å². The van der Waals surface area contributed by atoms with Crippen LogP contribution in [0.15, 0.2) is 24.3 Å². The molecule has 1 aliphatic carbocycles. The molecule has 132 valence electrons. The molecule has 2 amide bonds. The van der Waals surface area contributed by atoms with Gasteiger partial charge in [0.1, 0.15) is 0 Å². The molecular weight excluding hydrogens is 326 g/mol. The molecule has 0 radical (unpaired) electrons. The van der Waals surface area contributed by atoms with Gasteiger partial charge in [-0.2, -0.15) is 0 Å². The third kappa shape index (κ3) is 4.28. The molecule has 3 atom stereocenters. The van der Waals surface area contributed by atoms with Gasteiger partial charge in [0.15, 0.2) is 0 Å². The van der Waals surface area contributed by atoms with Gasteiger partial charge in [-0.3, -0.25) is 9.59 Å². The first-order chi connectivity index (χ1) is 11.1. The molecule has 3 rings (SSSR count). The van der Waals surface area contributed by atoms with Crippen LogP contribution in [0.1, 0.15) is 36.5 Å². The highest BCUT2D eigenvalue weighted by Crippen LogP contribution is 2.38. The van der Waals surface area contributed by atoms with Crippen molar-refractivity contribution in [1.29, 1.82) is 0 Å². The molecule has 5 nitrogen and oxygen atoms in total. The Hall–Kier alpha value is -1.59. The van der Waals surface area contributed by atoms with Crippen LogP contribution in [-0.4, -0.2) is 42.9 Å². The Bertz CT molecular complexity index is 590. The highest BCUT2D eigenvalue weighted by atomic mass is 35.5. The SMILES string of the molecule is CNC1CCCN(C(=O)c2ccc(NC(=O)C3CC3C)cc2)C1.Cl. The summed E-state index contributed by atoms with van der Waals surface area (Å²) < 4.78 is 0. The third-order valence-corrected chi connectivity index (χ3v) is 4.96. The summed E-state index contributed by atoms with van der Waals surface area (Å²) in [5.41, 5.74) is 1.44. The molecule has 24 heavy (non-hydrogen) atoms. The van der Waals surface area contributed by atoms with E-state index in [1.165, 1.54) is 0 Å². The average Bonchev–Trinajstić information content (AvgIpc) is 3.32. The van der Waals surface area contributed by atoms with E-state index in [2.05, 4.69) is 17.6 Å². The van der Waals surface area contributed by atoms with E-state index >= 15 is 0 Å². The van der Waals surface area contributed by atoms with Crippen LogP contribution in [0.5, 0.6) is 0 Å². The minimum absolute atomic E-state index is 0. The predicted octanol–water partition coefficient (Wildman–Crippen LogP) is 2.53. The quantitative estimate of drug-likeness (QED) is 0.876. The van der Waals surface area contributed by atoms with Crippen molar-refractivity contribution < 1.29 is 9.59 Å². The van der Waals surface area contributed by atoms with Crippen LogP contribution in [0.25, 0.3) is 0 Å². The zero-order valence-corrected chi connectivity index (χ0v) is 15.1. The van der Waals surface area contributed by atoms with Crippen LogP contribution in [0, 0.1) is 11.8 Å². The zero-order chi connectivity index (χ0) is 16.4. The van der Waals surface area contributed by atoms with Gasteiger partial charge in [-0.1, -0.05) is 6.92 Å². The first-order valence-corrected chi connectivity index (χ1v) is 8.46. The normalized spacial score (nSPS) is 25.6.